The summed E-state index contributed by atoms with van der Waals surface area (Å²) < 4.78 is 10.5. The average molecular weight is 216 g/mol. The van der Waals surface area contributed by atoms with Crippen molar-refractivity contribution in [3.05, 3.63) is 24.3 Å². The summed E-state index contributed by atoms with van der Waals surface area (Å²) in [4.78, 5) is 17.2. The lowest BCUT2D eigenvalue weighted by atomic mass is 10.3. The highest BCUT2D eigenvalue weighted by atomic mass is 31.2. The van der Waals surface area contributed by atoms with E-state index in [0.29, 0.717) is 5.69 Å². The van der Waals surface area contributed by atoms with Crippen molar-refractivity contribution in [1.82, 2.24) is 0 Å². The van der Waals surface area contributed by atoms with Gasteiger partial charge in [-0.2, -0.15) is 0 Å². The third-order valence-electron chi connectivity index (χ3n) is 1.64. The van der Waals surface area contributed by atoms with Crippen molar-refractivity contribution >= 4 is 19.0 Å². The van der Waals surface area contributed by atoms with Gasteiger partial charge in [-0.25, -0.2) is 0 Å². The van der Waals surface area contributed by atoms with E-state index in [9.17, 15) is 4.57 Å². The first-order chi connectivity index (χ1) is 6.47. The minimum Gasteiger partial charge on any atom is -0.399 e. The summed E-state index contributed by atoms with van der Waals surface area (Å²) in [6, 6.07) is 6.96. The summed E-state index contributed by atoms with van der Waals surface area (Å²) in [5.74, 6) is 0. The van der Waals surface area contributed by atoms with Gasteiger partial charge in [-0.3, -0.25) is 4.57 Å². The molecular formula is C8H13N2O3P. The van der Waals surface area contributed by atoms with Crippen LogP contribution in [0.1, 0.15) is 0 Å². The molecule has 6 heteroatoms. The van der Waals surface area contributed by atoms with Crippen LogP contribution in [0.3, 0.4) is 0 Å². The number of anilines is 2. The van der Waals surface area contributed by atoms with Crippen LogP contribution in [-0.4, -0.2) is 22.5 Å². The molecule has 0 atom stereocenters. The molecule has 0 spiro atoms. The second kappa shape index (κ2) is 4.46. The molecule has 0 aliphatic heterocycles. The first kappa shape index (κ1) is 11.0. The molecule has 0 bridgehead atoms. The Kier molecular flexibility index (Phi) is 3.52. The maximum atomic E-state index is 10.5. The lowest BCUT2D eigenvalue weighted by Gasteiger charge is -2.07. The van der Waals surface area contributed by atoms with Crippen LogP contribution in [0.25, 0.3) is 0 Å². The fraction of sp³-hybridized carbons (Fsp3) is 0.250. The van der Waals surface area contributed by atoms with Crippen molar-refractivity contribution in [2.75, 3.05) is 23.8 Å². The van der Waals surface area contributed by atoms with Gasteiger partial charge in [0.1, 0.15) is 0 Å². The van der Waals surface area contributed by atoms with E-state index >= 15 is 0 Å². The van der Waals surface area contributed by atoms with Crippen LogP contribution in [0.15, 0.2) is 24.3 Å². The molecule has 1 rings (SSSR count). The SMILES string of the molecule is Nc1ccc(NCCP(=O)(O)O)cc1. The Hall–Kier alpha value is -1.03. The van der Waals surface area contributed by atoms with Crippen molar-refractivity contribution in [3.8, 4) is 0 Å². The summed E-state index contributed by atoms with van der Waals surface area (Å²) in [6.45, 7) is 0.244. The number of nitrogen functional groups attached to an aromatic ring is 1. The van der Waals surface area contributed by atoms with Crippen LogP contribution in [0.2, 0.25) is 0 Å². The Labute approximate surface area is 82.1 Å². The third-order valence-corrected chi connectivity index (χ3v) is 2.45. The number of rotatable bonds is 4. The van der Waals surface area contributed by atoms with Crippen LogP contribution in [0, 0.1) is 0 Å². The van der Waals surface area contributed by atoms with E-state index in [1.54, 1.807) is 24.3 Å². The van der Waals surface area contributed by atoms with Gasteiger partial charge < -0.3 is 20.8 Å². The number of benzene rings is 1. The first-order valence-corrected chi connectivity index (χ1v) is 5.91. The monoisotopic (exact) mass is 216 g/mol. The first-order valence-electron chi connectivity index (χ1n) is 4.11. The van der Waals surface area contributed by atoms with Crippen molar-refractivity contribution in [2.45, 2.75) is 0 Å². The topological polar surface area (TPSA) is 95.6 Å². The van der Waals surface area contributed by atoms with E-state index in [4.69, 9.17) is 15.5 Å². The number of hydrogen-bond donors (Lipinski definition) is 4. The molecule has 0 amide bonds. The molecule has 78 valence electrons. The van der Waals surface area contributed by atoms with E-state index in [1.807, 2.05) is 0 Å². The van der Waals surface area contributed by atoms with E-state index in [1.165, 1.54) is 0 Å². The smallest absolute Gasteiger partial charge is 0.327 e. The Balaban J connectivity index is 2.39. The van der Waals surface area contributed by atoms with E-state index in [2.05, 4.69) is 5.32 Å². The zero-order valence-corrected chi connectivity index (χ0v) is 8.45. The Morgan fingerprint density at radius 2 is 1.86 bits per heavy atom. The Morgan fingerprint density at radius 1 is 1.29 bits per heavy atom. The number of nitrogens with one attached hydrogen (secondary N) is 1. The zero-order valence-electron chi connectivity index (χ0n) is 7.55. The van der Waals surface area contributed by atoms with Crippen molar-refractivity contribution < 1.29 is 14.4 Å². The molecule has 0 radical (unpaired) electrons. The standard InChI is InChI=1S/C8H13N2O3P/c9-7-1-3-8(4-2-7)10-5-6-14(11,12)13/h1-4,10H,5-6,9H2,(H2,11,12,13). The molecule has 0 unspecified atom stereocenters. The predicted octanol–water partition coefficient (Wildman–Crippen LogP) is 0.858. The number of nitrogens with two attached hydrogens (primary N) is 1. The minimum atomic E-state index is -3.90. The van der Waals surface area contributed by atoms with Crippen LogP contribution >= 0.6 is 7.60 Å². The molecule has 0 heterocycles. The Bertz CT molecular complexity index is 333. The normalized spacial score (nSPS) is 11.3. The van der Waals surface area contributed by atoms with Crippen molar-refractivity contribution in [3.63, 3.8) is 0 Å². The van der Waals surface area contributed by atoms with Gasteiger partial charge in [-0.15, -0.1) is 0 Å². The second-order valence-corrected chi connectivity index (χ2v) is 4.71. The van der Waals surface area contributed by atoms with E-state index in [0.717, 1.165) is 5.69 Å². The lowest BCUT2D eigenvalue weighted by molar-refractivity contribution is 0.374. The summed E-state index contributed by atoms with van der Waals surface area (Å²) in [6.07, 6.45) is -0.169. The van der Waals surface area contributed by atoms with Crippen LogP contribution in [0.5, 0.6) is 0 Å². The highest BCUT2D eigenvalue weighted by Crippen LogP contribution is 2.33. The molecule has 0 aliphatic carbocycles. The Morgan fingerprint density at radius 3 is 2.36 bits per heavy atom. The predicted molar refractivity (Wildman–Crippen MR) is 56.3 cm³/mol. The van der Waals surface area contributed by atoms with E-state index < -0.39 is 7.60 Å². The molecule has 0 saturated heterocycles. The molecular weight excluding hydrogens is 203 g/mol. The molecule has 0 aromatic heterocycles. The fourth-order valence-electron chi connectivity index (χ4n) is 0.947. The molecule has 1 aromatic carbocycles. The van der Waals surface area contributed by atoms with Gasteiger partial charge in [0.2, 0.25) is 0 Å². The van der Waals surface area contributed by atoms with E-state index in [-0.39, 0.29) is 12.7 Å². The molecule has 5 N–H and O–H groups in total. The maximum absolute atomic E-state index is 10.5. The van der Waals surface area contributed by atoms with Gasteiger partial charge in [0.15, 0.2) is 0 Å². The average Bonchev–Trinajstić information content (AvgIpc) is 2.06. The molecule has 14 heavy (non-hydrogen) atoms. The van der Waals surface area contributed by atoms with Crippen LogP contribution in [-0.2, 0) is 4.57 Å². The van der Waals surface area contributed by atoms with Crippen LogP contribution in [0.4, 0.5) is 11.4 Å². The van der Waals surface area contributed by atoms with Gasteiger partial charge in [0, 0.05) is 17.9 Å². The van der Waals surface area contributed by atoms with Gasteiger partial charge in [0.05, 0.1) is 6.16 Å². The third kappa shape index (κ3) is 4.28. The lowest BCUT2D eigenvalue weighted by Crippen LogP contribution is -2.06. The van der Waals surface area contributed by atoms with Gasteiger partial charge in [-0.1, -0.05) is 0 Å². The minimum absolute atomic E-state index is 0.169. The van der Waals surface area contributed by atoms with Gasteiger partial charge in [-0.05, 0) is 24.3 Å². The highest BCUT2D eigenvalue weighted by molar-refractivity contribution is 7.51. The zero-order chi connectivity index (χ0) is 10.6. The quantitative estimate of drug-likeness (QED) is 0.442. The number of hydrogen-bond acceptors (Lipinski definition) is 3. The molecule has 1 aromatic rings. The second-order valence-electron chi connectivity index (χ2n) is 2.94. The summed E-state index contributed by atoms with van der Waals surface area (Å²) in [7, 11) is -3.90. The van der Waals surface area contributed by atoms with Gasteiger partial charge >= 0.3 is 7.60 Å². The molecule has 0 fully saturated rings. The van der Waals surface area contributed by atoms with Crippen molar-refractivity contribution in [1.29, 1.82) is 0 Å². The fourth-order valence-corrected chi connectivity index (χ4v) is 1.35. The molecule has 5 nitrogen and oxygen atoms in total. The van der Waals surface area contributed by atoms with Gasteiger partial charge in [0.25, 0.3) is 0 Å². The molecule has 0 aliphatic rings. The van der Waals surface area contributed by atoms with Crippen molar-refractivity contribution in [2.24, 2.45) is 0 Å². The summed E-state index contributed by atoms with van der Waals surface area (Å²) in [5, 5.41) is 2.88. The summed E-state index contributed by atoms with van der Waals surface area (Å²) >= 11 is 0. The summed E-state index contributed by atoms with van der Waals surface area (Å²) in [5.41, 5.74) is 6.93. The maximum Gasteiger partial charge on any atom is 0.327 e. The highest BCUT2D eigenvalue weighted by Gasteiger charge is 2.11. The largest absolute Gasteiger partial charge is 0.399 e. The molecule has 0 saturated carbocycles. The van der Waals surface area contributed by atoms with Crippen LogP contribution < -0.4 is 11.1 Å².